The lowest BCUT2D eigenvalue weighted by Crippen LogP contribution is -1.87. The van der Waals surface area contributed by atoms with Crippen molar-refractivity contribution in [2.45, 2.75) is 0 Å². The van der Waals surface area contributed by atoms with Gasteiger partial charge in [-0.2, -0.15) is 0 Å². The molecule has 0 N–H and O–H groups in total. The topological polar surface area (TPSA) is 56.0 Å². The Bertz CT molecular complexity index is 628. The minimum atomic E-state index is -0.592. The Labute approximate surface area is 100 Å². The zero-order valence-electron chi connectivity index (χ0n) is 8.43. The lowest BCUT2D eigenvalue weighted by molar-refractivity contribution is -0.400. The zero-order chi connectivity index (χ0) is 12.4. The van der Waals surface area contributed by atoms with Gasteiger partial charge < -0.3 is 0 Å². The first-order chi connectivity index (χ1) is 8.06. The minimum Gasteiger partial charge on any atom is -0.259 e. The molecule has 0 saturated heterocycles. The predicted octanol–water partition coefficient (Wildman–Crippen LogP) is 3.27. The lowest BCUT2D eigenvalue weighted by atomic mass is 10.1. The Balaban J connectivity index is 2.55. The molecule has 1 heterocycles. The van der Waals surface area contributed by atoms with Gasteiger partial charge in [0.2, 0.25) is 6.20 Å². The largest absolute Gasteiger partial charge is 0.259 e. The molecule has 17 heavy (non-hydrogen) atoms. The number of nitrogens with zero attached hydrogens (tertiary/aromatic N) is 2. The number of rotatable bonds is 2. The number of halogens is 2. The van der Waals surface area contributed by atoms with Gasteiger partial charge in [-0.1, -0.05) is 11.6 Å². The van der Waals surface area contributed by atoms with E-state index in [-0.39, 0.29) is 5.15 Å². The van der Waals surface area contributed by atoms with Crippen molar-refractivity contribution in [2.75, 3.05) is 0 Å². The molecule has 4 nitrogen and oxygen atoms in total. The summed E-state index contributed by atoms with van der Waals surface area (Å²) < 4.78 is 12.9. The highest BCUT2D eigenvalue weighted by Gasteiger charge is 2.04. The van der Waals surface area contributed by atoms with Gasteiger partial charge in [0.05, 0.1) is 10.4 Å². The molecule has 0 amide bonds. The van der Waals surface area contributed by atoms with E-state index in [1.165, 1.54) is 24.3 Å². The minimum absolute atomic E-state index is 0.0983. The smallest absolute Gasteiger partial charge is 0.235 e. The van der Waals surface area contributed by atoms with E-state index in [1.54, 1.807) is 6.07 Å². The highest BCUT2D eigenvalue weighted by Crippen LogP contribution is 2.22. The van der Waals surface area contributed by atoms with Crippen LogP contribution in [0.15, 0.2) is 30.5 Å². The maximum absolute atomic E-state index is 12.9. The summed E-state index contributed by atoms with van der Waals surface area (Å²) >= 11 is 5.83. The fourth-order valence-electron chi connectivity index (χ4n) is 1.39. The highest BCUT2D eigenvalue weighted by atomic mass is 35.5. The third-order valence-corrected chi connectivity index (χ3v) is 2.44. The molecule has 0 atom stereocenters. The molecule has 2 aromatic rings. The average Bonchev–Trinajstić information content (AvgIpc) is 2.26. The van der Waals surface area contributed by atoms with Crippen LogP contribution >= 0.6 is 11.6 Å². The van der Waals surface area contributed by atoms with Crippen molar-refractivity contribution in [2.24, 2.45) is 0 Å². The molecule has 2 rings (SSSR count). The number of hydrogen-bond donors (Lipinski definition) is 0. The molecule has 1 aromatic carbocycles. The van der Waals surface area contributed by atoms with Gasteiger partial charge in [-0.15, -0.1) is 0 Å². The quantitative estimate of drug-likeness (QED) is 0.468. The van der Waals surface area contributed by atoms with Crippen molar-refractivity contribution >= 4 is 28.6 Å². The van der Waals surface area contributed by atoms with Crippen LogP contribution < -0.4 is 0 Å². The molecule has 0 unspecified atom stereocenters. The van der Waals surface area contributed by atoms with Crippen LogP contribution in [0.4, 0.5) is 4.39 Å². The predicted molar refractivity (Wildman–Crippen MR) is 62.7 cm³/mol. The first-order valence-electron chi connectivity index (χ1n) is 4.64. The number of aromatic nitrogens is 1. The summed E-state index contributed by atoms with van der Waals surface area (Å²) in [5, 5.41) is 11.0. The van der Waals surface area contributed by atoms with Gasteiger partial charge in [0.15, 0.2) is 0 Å². The van der Waals surface area contributed by atoms with Crippen LogP contribution in [-0.4, -0.2) is 9.91 Å². The molecule has 0 aliphatic heterocycles. The maximum Gasteiger partial charge on any atom is 0.235 e. The molecular formula is C11H6ClFN2O2. The van der Waals surface area contributed by atoms with E-state index in [9.17, 15) is 14.5 Å². The van der Waals surface area contributed by atoms with E-state index in [1.807, 2.05) is 0 Å². The summed E-state index contributed by atoms with van der Waals surface area (Å²) in [6, 6.07) is 5.70. The molecule has 0 fully saturated rings. The second-order valence-electron chi connectivity index (χ2n) is 3.31. The summed E-state index contributed by atoms with van der Waals surface area (Å²) in [7, 11) is 0. The van der Waals surface area contributed by atoms with Crippen molar-refractivity contribution < 1.29 is 9.31 Å². The maximum atomic E-state index is 12.9. The average molecular weight is 253 g/mol. The van der Waals surface area contributed by atoms with Crippen molar-refractivity contribution in [3.8, 4) is 0 Å². The van der Waals surface area contributed by atoms with Crippen LogP contribution in [0, 0.1) is 15.9 Å². The van der Waals surface area contributed by atoms with Crippen molar-refractivity contribution in [1.82, 2.24) is 4.98 Å². The molecule has 0 saturated carbocycles. The fraction of sp³-hybridized carbons (Fsp3) is 0. The summed E-state index contributed by atoms with van der Waals surface area (Å²) in [5.41, 5.74) is 0.829. The Morgan fingerprint density at radius 3 is 2.88 bits per heavy atom. The molecule has 6 heteroatoms. The number of nitro groups is 1. The van der Waals surface area contributed by atoms with Crippen molar-refractivity contribution in [3.63, 3.8) is 0 Å². The van der Waals surface area contributed by atoms with Crippen LogP contribution in [0.25, 0.3) is 17.0 Å². The third kappa shape index (κ3) is 2.57. The second-order valence-corrected chi connectivity index (χ2v) is 3.66. The molecule has 0 spiro atoms. The highest BCUT2D eigenvalue weighted by molar-refractivity contribution is 6.31. The van der Waals surface area contributed by atoms with Gasteiger partial charge in [0.25, 0.3) is 0 Å². The summed E-state index contributed by atoms with van der Waals surface area (Å²) in [6.07, 6.45) is 2.02. The molecule has 1 aromatic heterocycles. The number of pyridine rings is 1. The second kappa shape index (κ2) is 4.47. The Hall–Kier alpha value is -2.01. The molecular weight excluding hydrogens is 247 g/mol. The Morgan fingerprint density at radius 2 is 2.18 bits per heavy atom. The molecule has 0 radical (unpaired) electrons. The van der Waals surface area contributed by atoms with Gasteiger partial charge in [0, 0.05) is 23.1 Å². The first-order valence-corrected chi connectivity index (χ1v) is 5.01. The van der Waals surface area contributed by atoms with Gasteiger partial charge in [-0.3, -0.25) is 10.1 Å². The monoisotopic (exact) mass is 252 g/mol. The van der Waals surface area contributed by atoms with Gasteiger partial charge in [0.1, 0.15) is 11.0 Å². The van der Waals surface area contributed by atoms with Crippen LogP contribution in [0.5, 0.6) is 0 Å². The van der Waals surface area contributed by atoms with Gasteiger partial charge in [-0.25, -0.2) is 9.37 Å². The van der Waals surface area contributed by atoms with Crippen LogP contribution in [-0.2, 0) is 0 Å². The fourth-order valence-corrected chi connectivity index (χ4v) is 1.60. The first kappa shape index (κ1) is 11.5. The zero-order valence-corrected chi connectivity index (χ0v) is 9.19. The number of fused-ring (bicyclic) bond motifs is 1. The van der Waals surface area contributed by atoms with E-state index >= 15 is 0 Å². The van der Waals surface area contributed by atoms with Crippen LogP contribution in [0.2, 0.25) is 5.15 Å². The van der Waals surface area contributed by atoms with Gasteiger partial charge >= 0.3 is 0 Å². The van der Waals surface area contributed by atoms with Crippen LogP contribution in [0.1, 0.15) is 5.56 Å². The molecule has 0 bridgehead atoms. The Morgan fingerprint density at radius 1 is 1.41 bits per heavy atom. The summed E-state index contributed by atoms with van der Waals surface area (Å²) in [4.78, 5) is 13.6. The molecule has 0 aliphatic rings. The standard InChI is InChI=1S/C11H6ClFN2O2/c12-11-8(3-4-15(16)17)5-7-1-2-9(13)6-10(7)14-11/h1-6H. The van der Waals surface area contributed by atoms with E-state index in [4.69, 9.17) is 11.6 Å². The summed E-state index contributed by atoms with van der Waals surface area (Å²) in [5.74, 6) is -0.408. The van der Waals surface area contributed by atoms with Gasteiger partial charge in [-0.05, 0) is 18.2 Å². The van der Waals surface area contributed by atoms with Crippen molar-refractivity contribution in [3.05, 3.63) is 57.1 Å². The Kier molecular flexibility index (Phi) is 3.01. The van der Waals surface area contributed by atoms with E-state index in [0.29, 0.717) is 16.5 Å². The lowest BCUT2D eigenvalue weighted by Gasteiger charge is -2.01. The van der Waals surface area contributed by atoms with E-state index in [2.05, 4.69) is 4.98 Å². The van der Waals surface area contributed by atoms with Crippen molar-refractivity contribution in [1.29, 1.82) is 0 Å². The SMILES string of the molecule is O=[N+]([O-])C=Cc1cc2ccc(F)cc2nc1Cl. The number of hydrogen-bond acceptors (Lipinski definition) is 3. The van der Waals surface area contributed by atoms with E-state index < -0.39 is 10.7 Å². The van der Waals surface area contributed by atoms with Crippen LogP contribution in [0.3, 0.4) is 0 Å². The molecule has 0 aliphatic carbocycles. The normalized spacial score (nSPS) is 11.2. The summed E-state index contributed by atoms with van der Waals surface area (Å²) in [6.45, 7) is 0. The third-order valence-electron chi connectivity index (χ3n) is 2.14. The number of benzene rings is 1. The van der Waals surface area contributed by atoms with E-state index in [0.717, 1.165) is 6.20 Å². The molecule has 86 valence electrons.